The van der Waals surface area contributed by atoms with Gasteiger partial charge in [0, 0.05) is 25.9 Å². The van der Waals surface area contributed by atoms with Crippen LogP contribution < -0.4 is 10.9 Å². The summed E-state index contributed by atoms with van der Waals surface area (Å²) in [4.78, 5) is 24.4. The van der Waals surface area contributed by atoms with Crippen molar-refractivity contribution in [2.24, 2.45) is 7.05 Å². The van der Waals surface area contributed by atoms with Crippen molar-refractivity contribution in [3.8, 4) is 11.4 Å². The van der Waals surface area contributed by atoms with Gasteiger partial charge in [-0.2, -0.15) is 0 Å². The van der Waals surface area contributed by atoms with Gasteiger partial charge in [0.1, 0.15) is 11.6 Å². The van der Waals surface area contributed by atoms with E-state index in [1.54, 1.807) is 29.9 Å². The molecular weight excluding hydrogens is 388 g/mol. The molecule has 1 aromatic carbocycles. The normalized spacial score (nSPS) is 10.9. The first-order valence-corrected chi connectivity index (χ1v) is 9.36. The third-order valence-electron chi connectivity index (χ3n) is 3.93. The van der Waals surface area contributed by atoms with Crippen molar-refractivity contribution < 1.29 is 13.6 Å². The Morgan fingerprint density at radius 2 is 2.04 bits per heavy atom. The minimum Gasteiger partial charge on any atom is -0.323 e. The Morgan fingerprint density at radius 3 is 2.75 bits per heavy atom. The third-order valence-corrected chi connectivity index (χ3v) is 4.90. The quantitative estimate of drug-likeness (QED) is 0.638. The Balaban J connectivity index is 1.74. The van der Waals surface area contributed by atoms with Crippen LogP contribution >= 0.6 is 11.8 Å². The number of hydrogen-bond donors (Lipinski definition) is 1. The van der Waals surface area contributed by atoms with E-state index in [4.69, 9.17) is 0 Å². The van der Waals surface area contributed by atoms with Crippen LogP contribution in [0.25, 0.3) is 11.4 Å². The van der Waals surface area contributed by atoms with E-state index in [9.17, 15) is 18.4 Å². The Labute approximate surface area is 163 Å². The molecule has 2 heterocycles. The Morgan fingerprint density at radius 1 is 1.25 bits per heavy atom. The van der Waals surface area contributed by atoms with Gasteiger partial charge < -0.3 is 14.5 Å². The van der Waals surface area contributed by atoms with E-state index in [2.05, 4.69) is 15.5 Å². The molecule has 7 nitrogen and oxygen atoms in total. The highest BCUT2D eigenvalue weighted by atomic mass is 32.2. The number of halogens is 2. The first-order chi connectivity index (χ1) is 13.4. The number of aryl methyl sites for hydroxylation is 1. The number of carbonyl (C=O) groups excluding carboxylic acids is 1. The molecule has 0 unspecified atom stereocenters. The van der Waals surface area contributed by atoms with Crippen LogP contribution in [0.3, 0.4) is 0 Å². The molecule has 3 rings (SSSR count). The summed E-state index contributed by atoms with van der Waals surface area (Å²) >= 11 is 1.11. The molecule has 0 spiro atoms. The highest BCUT2D eigenvalue weighted by Gasteiger charge is 2.17. The first kappa shape index (κ1) is 19.7. The number of aromatic nitrogens is 4. The molecule has 0 saturated heterocycles. The summed E-state index contributed by atoms with van der Waals surface area (Å²) in [6, 6.07) is 6.32. The zero-order valence-electron chi connectivity index (χ0n) is 15.1. The number of thioether (sulfide) groups is 1. The molecule has 28 heavy (non-hydrogen) atoms. The van der Waals surface area contributed by atoms with Crippen LogP contribution in [-0.2, 0) is 18.4 Å². The lowest BCUT2D eigenvalue weighted by atomic mass is 10.2. The lowest BCUT2D eigenvalue weighted by Gasteiger charge is -2.08. The fraction of sp³-hybridized carbons (Fsp3) is 0.222. The molecule has 0 bridgehead atoms. The molecule has 0 saturated carbocycles. The summed E-state index contributed by atoms with van der Waals surface area (Å²) in [5.74, 6) is -1.69. The second kappa shape index (κ2) is 8.34. The molecule has 0 atom stereocenters. The maximum Gasteiger partial charge on any atom is 0.261 e. The molecule has 0 aliphatic heterocycles. The second-order valence-corrected chi connectivity index (χ2v) is 6.79. The van der Waals surface area contributed by atoms with Gasteiger partial charge in [0.25, 0.3) is 5.56 Å². The van der Waals surface area contributed by atoms with Crippen molar-refractivity contribution in [2.75, 3.05) is 11.1 Å². The summed E-state index contributed by atoms with van der Waals surface area (Å²) in [7, 11) is 1.65. The Hall–Kier alpha value is -3.01. The molecule has 3 aromatic rings. The first-order valence-electron chi connectivity index (χ1n) is 8.37. The van der Waals surface area contributed by atoms with Gasteiger partial charge in [-0.25, -0.2) is 8.78 Å². The molecule has 10 heteroatoms. The Bertz CT molecular complexity index is 1080. The number of anilines is 1. The third kappa shape index (κ3) is 4.11. The zero-order chi connectivity index (χ0) is 20.3. The maximum absolute atomic E-state index is 13.6. The molecule has 2 aromatic heterocycles. The number of benzene rings is 1. The Kier molecular flexibility index (Phi) is 5.88. The summed E-state index contributed by atoms with van der Waals surface area (Å²) in [5.41, 5.74) is 0.104. The van der Waals surface area contributed by atoms with Crippen LogP contribution in [0.1, 0.15) is 6.92 Å². The zero-order valence-corrected chi connectivity index (χ0v) is 16.0. The van der Waals surface area contributed by atoms with Crippen LogP contribution in [0.4, 0.5) is 14.5 Å². The van der Waals surface area contributed by atoms with E-state index in [1.807, 2.05) is 6.92 Å². The predicted molar refractivity (Wildman–Crippen MR) is 102 cm³/mol. The molecule has 1 N–H and O–H groups in total. The van der Waals surface area contributed by atoms with Crippen molar-refractivity contribution in [2.45, 2.75) is 18.6 Å². The standard InChI is InChI=1S/C18H17F2N5O2S/c1-3-25-16(12-5-4-8-24(2)17(12)27)22-23-18(25)28-10-15(26)21-14-7-6-11(19)9-13(14)20/h4-9H,3,10H2,1-2H3,(H,21,26). The van der Waals surface area contributed by atoms with Gasteiger partial charge in [0.05, 0.1) is 17.0 Å². The topological polar surface area (TPSA) is 81.8 Å². The van der Waals surface area contributed by atoms with Crippen molar-refractivity contribution in [1.82, 2.24) is 19.3 Å². The number of carbonyl (C=O) groups is 1. The second-order valence-electron chi connectivity index (χ2n) is 5.85. The summed E-state index contributed by atoms with van der Waals surface area (Å²) in [6.45, 7) is 2.37. The fourth-order valence-corrected chi connectivity index (χ4v) is 3.36. The molecule has 0 radical (unpaired) electrons. The molecule has 0 fully saturated rings. The van der Waals surface area contributed by atoms with Crippen molar-refractivity contribution in [1.29, 1.82) is 0 Å². The van der Waals surface area contributed by atoms with Gasteiger partial charge in [-0.3, -0.25) is 9.59 Å². The maximum atomic E-state index is 13.6. The summed E-state index contributed by atoms with van der Waals surface area (Å²) < 4.78 is 29.7. The SMILES string of the molecule is CCn1c(SCC(=O)Nc2ccc(F)cc2F)nnc1-c1cccn(C)c1=O. The minimum absolute atomic E-state index is 0.0538. The summed E-state index contributed by atoms with van der Waals surface area (Å²) in [5, 5.41) is 11.0. The van der Waals surface area contributed by atoms with E-state index in [0.29, 0.717) is 29.2 Å². The van der Waals surface area contributed by atoms with Crippen LogP contribution in [0, 0.1) is 11.6 Å². The lowest BCUT2D eigenvalue weighted by Crippen LogP contribution is -2.19. The van der Waals surface area contributed by atoms with Gasteiger partial charge in [-0.1, -0.05) is 11.8 Å². The molecule has 0 aliphatic rings. The highest BCUT2D eigenvalue weighted by Crippen LogP contribution is 2.22. The smallest absolute Gasteiger partial charge is 0.261 e. The number of nitrogens with zero attached hydrogens (tertiary/aromatic N) is 4. The minimum atomic E-state index is -0.850. The summed E-state index contributed by atoms with van der Waals surface area (Å²) in [6.07, 6.45) is 1.65. The van der Waals surface area contributed by atoms with Gasteiger partial charge >= 0.3 is 0 Å². The van der Waals surface area contributed by atoms with Gasteiger partial charge in [-0.15, -0.1) is 10.2 Å². The van der Waals surface area contributed by atoms with Gasteiger partial charge in [0.15, 0.2) is 11.0 Å². The highest BCUT2D eigenvalue weighted by molar-refractivity contribution is 7.99. The van der Waals surface area contributed by atoms with Gasteiger partial charge in [-0.05, 0) is 31.2 Å². The van der Waals surface area contributed by atoms with Crippen LogP contribution in [-0.4, -0.2) is 31.0 Å². The average Bonchev–Trinajstić information content (AvgIpc) is 3.07. The number of rotatable bonds is 6. The molecular formula is C18H17F2N5O2S. The lowest BCUT2D eigenvalue weighted by molar-refractivity contribution is -0.113. The molecule has 146 valence electrons. The van der Waals surface area contributed by atoms with Crippen molar-refractivity contribution >= 4 is 23.4 Å². The van der Waals surface area contributed by atoms with E-state index in [1.165, 1.54) is 4.57 Å². The van der Waals surface area contributed by atoms with Crippen LogP contribution in [0.5, 0.6) is 0 Å². The largest absolute Gasteiger partial charge is 0.323 e. The monoisotopic (exact) mass is 405 g/mol. The van der Waals surface area contributed by atoms with Crippen LogP contribution in [0.15, 0.2) is 46.5 Å². The predicted octanol–water partition coefficient (Wildman–Crippen LogP) is 2.67. The van der Waals surface area contributed by atoms with E-state index < -0.39 is 17.5 Å². The number of hydrogen-bond acceptors (Lipinski definition) is 5. The van der Waals surface area contributed by atoms with Crippen molar-refractivity contribution in [3.63, 3.8) is 0 Å². The number of pyridine rings is 1. The fourth-order valence-electron chi connectivity index (χ4n) is 2.55. The van der Waals surface area contributed by atoms with E-state index in [-0.39, 0.29) is 17.0 Å². The molecule has 1 amide bonds. The van der Waals surface area contributed by atoms with Gasteiger partial charge in [0.2, 0.25) is 5.91 Å². The number of nitrogens with one attached hydrogen (secondary N) is 1. The van der Waals surface area contributed by atoms with Crippen molar-refractivity contribution in [3.05, 3.63) is 58.5 Å². The van der Waals surface area contributed by atoms with E-state index in [0.717, 1.165) is 23.9 Å². The van der Waals surface area contributed by atoms with Crippen LogP contribution in [0.2, 0.25) is 0 Å². The van der Waals surface area contributed by atoms with E-state index >= 15 is 0 Å². The average molecular weight is 405 g/mol. The number of amides is 1. The molecule has 0 aliphatic carbocycles.